The Morgan fingerprint density at radius 1 is 1.17 bits per heavy atom. The zero-order valence-electron chi connectivity index (χ0n) is 13.6. The normalized spacial score (nSPS) is 11.1. The molecule has 2 aromatic carbocycles. The van der Waals surface area contributed by atoms with Crippen LogP contribution in [0.15, 0.2) is 53.6 Å². The number of benzene rings is 2. The molecule has 0 aliphatic carbocycles. The monoisotopic (exact) mass is 338 g/mol. The highest BCUT2D eigenvalue weighted by Gasteiger charge is 2.08. The van der Waals surface area contributed by atoms with Gasteiger partial charge in [0.2, 0.25) is 4.77 Å². The SMILES string of the molecule is CCc1ccc(C=Nn2c(-c3ccc(OC)cc3)n[nH]c2=S)cc1. The number of ether oxygens (including phenoxy) is 1. The average molecular weight is 338 g/mol. The molecule has 5 nitrogen and oxygen atoms in total. The molecule has 0 fully saturated rings. The number of aryl methyl sites for hydroxylation is 1. The van der Waals surface area contributed by atoms with Gasteiger partial charge in [0.15, 0.2) is 5.82 Å². The molecule has 1 aromatic heterocycles. The highest BCUT2D eigenvalue weighted by Crippen LogP contribution is 2.20. The number of H-pyrrole nitrogens is 1. The largest absolute Gasteiger partial charge is 0.497 e. The van der Waals surface area contributed by atoms with Gasteiger partial charge in [0.25, 0.3) is 0 Å². The maximum absolute atomic E-state index is 5.28. The third kappa shape index (κ3) is 3.44. The van der Waals surface area contributed by atoms with Crippen LogP contribution in [0, 0.1) is 4.77 Å². The third-order valence-electron chi connectivity index (χ3n) is 3.71. The molecule has 0 aliphatic heterocycles. The molecule has 0 saturated heterocycles. The average Bonchev–Trinajstić information content (AvgIpc) is 3.01. The Bertz CT molecular complexity index is 892. The van der Waals surface area contributed by atoms with Crippen molar-refractivity contribution in [3.63, 3.8) is 0 Å². The summed E-state index contributed by atoms with van der Waals surface area (Å²) < 4.78 is 7.24. The van der Waals surface area contributed by atoms with E-state index in [0.717, 1.165) is 23.3 Å². The van der Waals surface area contributed by atoms with Crippen LogP contribution in [0.2, 0.25) is 0 Å². The van der Waals surface area contributed by atoms with E-state index >= 15 is 0 Å². The van der Waals surface area contributed by atoms with Crippen LogP contribution in [0.4, 0.5) is 0 Å². The van der Waals surface area contributed by atoms with Crippen LogP contribution >= 0.6 is 12.2 Å². The van der Waals surface area contributed by atoms with Crippen molar-refractivity contribution < 1.29 is 4.74 Å². The fraction of sp³-hybridized carbons (Fsp3) is 0.167. The van der Waals surface area contributed by atoms with E-state index < -0.39 is 0 Å². The fourth-order valence-electron chi connectivity index (χ4n) is 2.29. The molecule has 0 amide bonds. The van der Waals surface area contributed by atoms with E-state index in [-0.39, 0.29) is 0 Å². The number of aromatic nitrogens is 3. The second-order valence-corrected chi connectivity index (χ2v) is 5.62. The molecule has 0 spiro atoms. The van der Waals surface area contributed by atoms with Gasteiger partial charge < -0.3 is 4.74 Å². The minimum absolute atomic E-state index is 0.447. The molecular formula is C18H18N4OS. The van der Waals surface area contributed by atoms with Gasteiger partial charge >= 0.3 is 0 Å². The number of rotatable bonds is 5. The third-order valence-corrected chi connectivity index (χ3v) is 3.97. The molecule has 0 saturated carbocycles. The topological polar surface area (TPSA) is 55.2 Å². The van der Waals surface area contributed by atoms with Gasteiger partial charge in [-0.15, -0.1) is 0 Å². The van der Waals surface area contributed by atoms with Crippen LogP contribution in [0.1, 0.15) is 18.1 Å². The maximum atomic E-state index is 5.28. The van der Waals surface area contributed by atoms with Crippen LogP contribution in [0.3, 0.4) is 0 Å². The molecular weight excluding hydrogens is 320 g/mol. The van der Waals surface area contributed by atoms with Crippen molar-refractivity contribution in [1.82, 2.24) is 14.9 Å². The number of nitrogens with zero attached hydrogens (tertiary/aromatic N) is 3. The predicted octanol–water partition coefficient (Wildman–Crippen LogP) is 4.06. The minimum Gasteiger partial charge on any atom is -0.497 e. The van der Waals surface area contributed by atoms with Gasteiger partial charge in [0.1, 0.15) is 5.75 Å². The van der Waals surface area contributed by atoms with Crippen molar-refractivity contribution in [3.05, 3.63) is 64.4 Å². The summed E-state index contributed by atoms with van der Waals surface area (Å²) >= 11 is 5.28. The summed E-state index contributed by atoms with van der Waals surface area (Å²) in [5, 5.41) is 11.5. The van der Waals surface area contributed by atoms with Gasteiger partial charge in [-0.3, -0.25) is 0 Å². The van der Waals surface area contributed by atoms with Crippen LogP contribution in [-0.4, -0.2) is 28.2 Å². The first-order valence-corrected chi connectivity index (χ1v) is 8.07. The number of aromatic amines is 1. The Morgan fingerprint density at radius 3 is 2.50 bits per heavy atom. The molecule has 0 atom stereocenters. The van der Waals surface area contributed by atoms with Crippen molar-refractivity contribution in [2.75, 3.05) is 7.11 Å². The number of hydrogen-bond acceptors (Lipinski definition) is 4. The zero-order chi connectivity index (χ0) is 16.9. The van der Waals surface area contributed by atoms with E-state index in [1.54, 1.807) is 18.0 Å². The quantitative estimate of drug-likeness (QED) is 0.564. The highest BCUT2D eigenvalue weighted by molar-refractivity contribution is 7.71. The standard InChI is InChI=1S/C18H18N4OS/c1-3-13-4-6-14(7-5-13)12-19-22-17(20-21-18(22)24)15-8-10-16(23-2)11-9-15/h4-12H,3H2,1-2H3,(H,21,24). The first kappa shape index (κ1) is 16.1. The van der Waals surface area contributed by atoms with Crippen LogP contribution in [-0.2, 0) is 6.42 Å². The Kier molecular flexibility index (Phi) is 4.86. The van der Waals surface area contributed by atoms with Gasteiger partial charge in [-0.2, -0.15) is 14.9 Å². The van der Waals surface area contributed by atoms with Gasteiger partial charge in [-0.25, -0.2) is 5.10 Å². The summed E-state index contributed by atoms with van der Waals surface area (Å²) in [5.74, 6) is 1.45. The van der Waals surface area contributed by atoms with E-state index in [1.165, 1.54) is 5.56 Å². The maximum Gasteiger partial charge on any atom is 0.216 e. The summed E-state index contributed by atoms with van der Waals surface area (Å²) in [7, 11) is 1.64. The van der Waals surface area contributed by atoms with E-state index in [9.17, 15) is 0 Å². The van der Waals surface area contributed by atoms with Crippen molar-refractivity contribution in [3.8, 4) is 17.1 Å². The second kappa shape index (κ2) is 7.23. The van der Waals surface area contributed by atoms with Crippen molar-refractivity contribution in [1.29, 1.82) is 0 Å². The number of methoxy groups -OCH3 is 1. The van der Waals surface area contributed by atoms with E-state index in [1.807, 2.05) is 36.4 Å². The Hall–Kier alpha value is -2.73. The lowest BCUT2D eigenvalue weighted by Gasteiger charge is -2.03. The molecule has 1 heterocycles. The smallest absolute Gasteiger partial charge is 0.216 e. The van der Waals surface area contributed by atoms with Crippen molar-refractivity contribution in [2.45, 2.75) is 13.3 Å². The summed E-state index contributed by atoms with van der Waals surface area (Å²) in [6.07, 6.45) is 2.80. The van der Waals surface area contributed by atoms with E-state index in [0.29, 0.717) is 10.6 Å². The summed E-state index contributed by atoms with van der Waals surface area (Å²) in [6.45, 7) is 2.13. The Balaban J connectivity index is 1.91. The molecule has 0 radical (unpaired) electrons. The first-order valence-electron chi connectivity index (χ1n) is 7.66. The first-order chi connectivity index (χ1) is 11.7. The lowest BCUT2D eigenvalue weighted by molar-refractivity contribution is 0.415. The summed E-state index contributed by atoms with van der Waals surface area (Å²) in [6, 6.07) is 15.9. The van der Waals surface area contributed by atoms with Crippen LogP contribution < -0.4 is 4.74 Å². The molecule has 1 N–H and O–H groups in total. The number of hydrogen-bond donors (Lipinski definition) is 1. The molecule has 3 aromatic rings. The lowest BCUT2D eigenvalue weighted by Crippen LogP contribution is -1.95. The fourth-order valence-corrected chi connectivity index (χ4v) is 2.47. The molecule has 0 bridgehead atoms. The Labute approximate surface area is 145 Å². The van der Waals surface area contributed by atoms with Crippen LogP contribution in [0.5, 0.6) is 5.75 Å². The van der Waals surface area contributed by atoms with Gasteiger partial charge in [0.05, 0.1) is 13.3 Å². The van der Waals surface area contributed by atoms with Crippen molar-refractivity contribution in [2.24, 2.45) is 5.10 Å². The molecule has 6 heteroatoms. The molecule has 0 aliphatic rings. The van der Waals surface area contributed by atoms with Crippen LogP contribution in [0.25, 0.3) is 11.4 Å². The van der Waals surface area contributed by atoms with Crippen molar-refractivity contribution >= 4 is 18.4 Å². The van der Waals surface area contributed by atoms with Gasteiger partial charge in [0, 0.05) is 5.56 Å². The number of nitrogens with one attached hydrogen (secondary N) is 1. The summed E-state index contributed by atoms with van der Waals surface area (Å²) in [5.41, 5.74) is 3.21. The molecule has 122 valence electrons. The summed E-state index contributed by atoms with van der Waals surface area (Å²) in [4.78, 5) is 0. The van der Waals surface area contributed by atoms with E-state index in [2.05, 4.69) is 34.4 Å². The lowest BCUT2D eigenvalue weighted by atomic mass is 10.1. The van der Waals surface area contributed by atoms with Gasteiger partial charge in [-0.05, 0) is 54.0 Å². The predicted molar refractivity (Wildman–Crippen MR) is 98.2 cm³/mol. The Morgan fingerprint density at radius 2 is 1.88 bits per heavy atom. The van der Waals surface area contributed by atoms with E-state index in [4.69, 9.17) is 17.0 Å². The highest BCUT2D eigenvalue weighted by atomic mass is 32.1. The zero-order valence-corrected chi connectivity index (χ0v) is 14.4. The molecule has 24 heavy (non-hydrogen) atoms. The van der Waals surface area contributed by atoms with Gasteiger partial charge in [-0.1, -0.05) is 31.2 Å². The second-order valence-electron chi connectivity index (χ2n) is 5.23. The molecule has 0 unspecified atom stereocenters. The minimum atomic E-state index is 0.447. The molecule has 3 rings (SSSR count).